The predicted octanol–water partition coefficient (Wildman–Crippen LogP) is -1.28. The zero-order chi connectivity index (χ0) is 14.1. The summed E-state index contributed by atoms with van der Waals surface area (Å²) in [5, 5.41) is 2.78. The number of rotatable bonds is 7. The van der Waals surface area contributed by atoms with E-state index in [2.05, 4.69) is 5.32 Å². The summed E-state index contributed by atoms with van der Waals surface area (Å²) in [6.07, 6.45) is 0.854. The molecule has 2 amide bonds. The second-order valence-corrected chi connectivity index (χ2v) is 4.31. The van der Waals surface area contributed by atoms with Gasteiger partial charge in [0.2, 0.25) is 11.8 Å². The molecule has 3 N–H and O–H groups in total. The van der Waals surface area contributed by atoms with Gasteiger partial charge in [-0.05, 0) is 6.42 Å². The van der Waals surface area contributed by atoms with Crippen molar-refractivity contribution in [2.24, 2.45) is 5.73 Å². The number of nitrogens with zero attached hydrogens (tertiary/aromatic N) is 1. The molecule has 7 nitrogen and oxygen atoms in total. The van der Waals surface area contributed by atoms with Crippen molar-refractivity contribution in [1.29, 1.82) is 0 Å². The van der Waals surface area contributed by atoms with Gasteiger partial charge in [-0.3, -0.25) is 9.59 Å². The van der Waals surface area contributed by atoms with E-state index in [-0.39, 0.29) is 25.0 Å². The third-order valence-corrected chi connectivity index (χ3v) is 2.79. The zero-order valence-electron chi connectivity index (χ0n) is 11.4. The van der Waals surface area contributed by atoms with Crippen molar-refractivity contribution >= 4 is 11.8 Å². The Balaban J connectivity index is 2.51. The molecule has 0 aliphatic carbocycles. The number of nitrogens with one attached hydrogen (secondary N) is 1. The summed E-state index contributed by atoms with van der Waals surface area (Å²) < 4.78 is 10.4. The summed E-state index contributed by atoms with van der Waals surface area (Å²) in [7, 11) is 0. The van der Waals surface area contributed by atoms with E-state index in [4.69, 9.17) is 15.2 Å². The molecule has 1 saturated heterocycles. The van der Waals surface area contributed by atoms with E-state index in [1.165, 1.54) is 4.90 Å². The van der Waals surface area contributed by atoms with E-state index in [0.717, 1.165) is 6.42 Å². The van der Waals surface area contributed by atoms with E-state index in [0.29, 0.717) is 32.8 Å². The van der Waals surface area contributed by atoms with Crippen LogP contribution in [0.3, 0.4) is 0 Å². The smallest absolute Gasteiger partial charge is 0.249 e. The predicted molar refractivity (Wildman–Crippen MR) is 69.5 cm³/mol. The minimum atomic E-state index is -0.561. The molecule has 0 aromatic rings. The lowest BCUT2D eigenvalue weighted by molar-refractivity contribution is -0.151. The number of ether oxygens (including phenoxy) is 2. The topological polar surface area (TPSA) is 93.9 Å². The molecule has 0 saturated carbocycles. The fraction of sp³-hybridized carbons (Fsp3) is 0.833. The fourth-order valence-electron chi connectivity index (χ4n) is 1.81. The summed E-state index contributed by atoms with van der Waals surface area (Å²) >= 11 is 0. The van der Waals surface area contributed by atoms with E-state index in [1.54, 1.807) is 0 Å². The molecule has 1 atom stereocenters. The van der Waals surface area contributed by atoms with Gasteiger partial charge >= 0.3 is 0 Å². The summed E-state index contributed by atoms with van der Waals surface area (Å²) in [4.78, 5) is 25.5. The highest BCUT2D eigenvalue weighted by Crippen LogP contribution is 2.08. The molecule has 1 fully saturated rings. The zero-order valence-corrected chi connectivity index (χ0v) is 11.4. The van der Waals surface area contributed by atoms with Crippen molar-refractivity contribution in [2.45, 2.75) is 19.4 Å². The minimum absolute atomic E-state index is 0.0469. The standard InChI is InChI=1S/C12H23N3O4/c1-2-4-14-12(17)10-8-19-7-5-15(10)11(16)9-18-6-3-13/h10H,2-9,13H2,1H3,(H,14,17). The van der Waals surface area contributed by atoms with Crippen LogP contribution in [0, 0.1) is 0 Å². The summed E-state index contributed by atoms with van der Waals surface area (Å²) in [6.45, 7) is 4.32. The lowest BCUT2D eigenvalue weighted by atomic mass is 10.2. The van der Waals surface area contributed by atoms with Gasteiger partial charge < -0.3 is 25.4 Å². The van der Waals surface area contributed by atoms with Crippen LogP contribution in [0.4, 0.5) is 0 Å². The van der Waals surface area contributed by atoms with E-state index >= 15 is 0 Å². The van der Waals surface area contributed by atoms with Crippen molar-refractivity contribution in [2.75, 3.05) is 46.1 Å². The van der Waals surface area contributed by atoms with Gasteiger partial charge in [0, 0.05) is 19.6 Å². The Morgan fingerprint density at radius 3 is 3.00 bits per heavy atom. The quantitative estimate of drug-likeness (QED) is 0.563. The first kappa shape index (κ1) is 15.9. The fourth-order valence-corrected chi connectivity index (χ4v) is 1.81. The van der Waals surface area contributed by atoms with Crippen molar-refractivity contribution in [3.8, 4) is 0 Å². The molecular weight excluding hydrogens is 250 g/mol. The first-order valence-electron chi connectivity index (χ1n) is 6.63. The number of morpholine rings is 1. The van der Waals surface area contributed by atoms with Crippen molar-refractivity contribution in [3.05, 3.63) is 0 Å². The molecule has 0 aromatic carbocycles. The van der Waals surface area contributed by atoms with Gasteiger partial charge in [-0.15, -0.1) is 0 Å². The molecule has 110 valence electrons. The molecule has 1 aliphatic heterocycles. The number of amides is 2. The average molecular weight is 273 g/mol. The second kappa shape index (κ2) is 8.84. The maximum Gasteiger partial charge on any atom is 0.249 e. The van der Waals surface area contributed by atoms with Crippen LogP contribution in [0.2, 0.25) is 0 Å². The molecule has 19 heavy (non-hydrogen) atoms. The van der Waals surface area contributed by atoms with Gasteiger partial charge in [-0.1, -0.05) is 6.92 Å². The summed E-state index contributed by atoms with van der Waals surface area (Å²) in [6, 6.07) is -0.561. The maximum absolute atomic E-state index is 12.0. The summed E-state index contributed by atoms with van der Waals surface area (Å²) in [5.41, 5.74) is 5.29. The maximum atomic E-state index is 12.0. The lowest BCUT2D eigenvalue weighted by Gasteiger charge is -2.34. The molecule has 0 radical (unpaired) electrons. The second-order valence-electron chi connectivity index (χ2n) is 4.31. The monoisotopic (exact) mass is 273 g/mol. The minimum Gasteiger partial charge on any atom is -0.377 e. The molecule has 7 heteroatoms. The SMILES string of the molecule is CCCNC(=O)C1COCCN1C(=O)COCCN. The van der Waals surface area contributed by atoms with Gasteiger partial charge in [-0.2, -0.15) is 0 Å². The number of carbonyl (C=O) groups excluding carboxylic acids is 2. The van der Waals surface area contributed by atoms with Crippen molar-refractivity contribution < 1.29 is 19.1 Å². The van der Waals surface area contributed by atoms with Gasteiger partial charge in [-0.25, -0.2) is 0 Å². The van der Waals surface area contributed by atoms with Gasteiger partial charge in [0.25, 0.3) is 0 Å². The van der Waals surface area contributed by atoms with Gasteiger partial charge in [0.1, 0.15) is 12.6 Å². The highest BCUT2D eigenvalue weighted by Gasteiger charge is 2.32. The Labute approximate surface area is 113 Å². The lowest BCUT2D eigenvalue weighted by Crippen LogP contribution is -2.56. The van der Waals surface area contributed by atoms with Crippen LogP contribution in [0.1, 0.15) is 13.3 Å². The third-order valence-electron chi connectivity index (χ3n) is 2.79. The molecule has 1 unspecified atom stereocenters. The normalized spacial score (nSPS) is 19.3. The highest BCUT2D eigenvalue weighted by atomic mass is 16.5. The van der Waals surface area contributed by atoms with E-state index in [9.17, 15) is 9.59 Å². The highest BCUT2D eigenvalue weighted by molar-refractivity contribution is 5.88. The van der Waals surface area contributed by atoms with Crippen LogP contribution in [0.5, 0.6) is 0 Å². The molecule has 0 aromatic heterocycles. The van der Waals surface area contributed by atoms with Crippen LogP contribution >= 0.6 is 0 Å². The molecule has 0 spiro atoms. The Morgan fingerprint density at radius 2 is 2.32 bits per heavy atom. The third kappa shape index (κ3) is 5.14. The number of carbonyl (C=O) groups is 2. The number of hydrogen-bond acceptors (Lipinski definition) is 5. The van der Waals surface area contributed by atoms with Crippen molar-refractivity contribution in [3.63, 3.8) is 0 Å². The first-order chi connectivity index (χ1) is 9.20. The number of nitrogens with two attached hydrogens (primary N) is 1. The van der Waals surface area contributed by atoms with Crippen LogP contribution in [-0.2, 0) is 19.1 Å². The number of hydrogen-bond donors (Lipinski definition) is 2. The average Bonchev–Trinajstić information content (AvgIpc) is 2.45. The molecule has 0 bridgehead atoms. The van der Waals surface area contributed by atoms with Crippen LogP contribution in [0.25, 0.3) is 0 Å². The molecule has 1 aliphatic rings. The molecular formula is C12H23N3O4. The van der Waals surface area contributed by atoms with E-state index < -0.39 is 6.04 Å². The molecule has 1 heterocycles. The van der Waals surface area contributed by atoms with Gasteiger partial charge in [0.05, 0.1) is 19.8 Å². The van der Waals surface area contributed by atoms with Crippen molar-refractivity contribution in [1.82, 2.24) is 10.2 Å². The summed E-state index contributed by atoms with van der Waals surface area (Å²) in [5.74, 6) is -0.373. The van der Waals surface area contributed by atoms with Crippen LogP contribution < -0.4 is 11.1 Å². The van der Waals surface area contributed by atoms with Gasteiger partial charge in [0.15, 0.2) is 0 Å². The largest absolute Gasteiger partial charge is 0.377 e. The Hall–Kier alpha value is -1.18. The molecule has 1 rings (SSSR count). The Morgan fingerprint density at radius 1 is 1.53 bits per heavy atom. The van der Waals surface area contributed by atoms with Crippen LogP contribution in [-0.4, -0.2) is 68.8 Å². The Kier molecular flexibility index (Phi) is 7.39. The van der Waals surface area contributed by atoms with E-state index in [1.807, 2.05) is 6.92 Å². The Bertz CT molecular complexity index is 299. The first-order valence-corrected chi connectivity index (χ1v) is 6.63. The van der Waals surface area contributed by atoms with Crippen LogP contribution in [0.15, 0.2) is 0 Å².